The molecule has 4 aliphatic carbocycles. The van der Waals surface area contributed by atoms with Crippen molar-refractivity contribution in [3.05, 3.63) is 0 Å². The van der Waals surface area contributed by atoms with E-state index >= 15 is 0 Å². The normalized spacial score (nSPS) is 43.4. The Kier molecular flexibility index (Phi) is 6.04. The molecule has 0 aromatic rings. The second-order valence-electron chi connectivity index (χ2n) is 10.4. The SMILES string of the molecule is CC(=O)OC1CC[C@H]2C(CC[C@H]3[C@@H]4CCC(C(C)CCC(=O)O)[C@H]4CC[C@@H]32)C1. The molecule has 158 valence electrons. The zero-order chi connectivity index (χ0) is 19.8. The first-order valence-electron chi connectivity index (χ1n) is 11.8. The summed E-state index contributed by atoms with van der Waals surface area (Å²) in [6.45, 7) is 3.84. The largest absolute Gasteiger partial charge is 0.481 e. The van der Waals surface area contributed by atoms with E-state index in [1.165, 1.54) is 51.9 Å². The van der Waals surface area contributed by atoms with E-state index in [-0.39, 0.29) is 12.1 Å². The summed E-state index contributed by atoms with van der Waals surface area (Å²) < 4.78 is 5.55. The minimum Gasteiger partial charge on any atom is -0.481 e. The van der Waals surface area contributed by atoms with Gasteiger partial charge in [-0.15, -0.1) is 0 Å². The Labute approximate surface area is 169 Å². The fourth-order valence-corrected chi connectivity index (χ4v) is 8.13. The van der Waals surface area contributed by atoms with Crippen LogP contribution in [0, 0.1) is 47.3 Å². The van der Waals surface area contributed by atoms with Crippen LogP contribution in [0.4, 0.5) is 0 Å². The molecule has 0 saturated heterocycles. The lowest BCUT2D eigenvalue weighted by Gasteiger charge is -2.53. The number of carboxylic acids is 1. The minimum atomic E-state index is -0.646. The lowest BCUT2D eigenvalue weighted by atomic mass is 9.53. The van der Waals surface area contributed by atoms with Gasteiger partial charge in [0.05, 0.1) is 0 Å². The standard InChI is InChI=1S/C24H38O4/c1-14(3-12-24(26)27)18-8-9-23-20(18)10-11-21-19-7-5-17(28-15(2)25)13-16(19)4-6-22(21)23/h14,16-23H,3-13H2,1-2H3,(H,26,27)/t14?,16?,17?,18?,19-,20+,21+,22+,23+/m0/s1. The molecule has 4 nitrogen and oxygen atoms in total. The van der Waals surface area contributed by atoms with E-state index in [9.17, 15) is 9.59 Å². The quantitative estimate of drug-likeness (QED) is 0.647. The summed E-state index contributed by atoms with van der Waals surface area (Å²) in [7, 11) is 0. The lowest BCUT2D eigenvalue weighted by molar-refractivity contribution is -0.151. The fourth-order valence-electron chi connectivity index (χ4n) is 8.13. The molecule has 0 aliphatic heterocycles. The Morgan fingerprint density at radius 1 is 0.893 bits per heavy atom. The van der Waals surface area contributed by atoms with Crippen molar-refractivity contribution in [1.82, 2.24) is 0 Å². The number of carboxylic acid groups (broad SMARTS) is 1. The van der Waals surface area contributed by atoms with E-state index < -0.39 is 5.97 Å². The van der Waals surface area contributed by atoms with Crippen LogP contribution in [0.25, 0.3) is 0 Å². The van der Waals surface area contributed by atoms with Crippen LogP contribution in [-0.2, 0) is 14.3 Å². The van der Waals surface area contributed by atoms with Crippen LogP contribution in [0.5, 0.6) is 0 Å². The molecule has 4 fully saturated rings. The van der Waals surface area contributed by atoms with Crippen LogP contribution in [0.15, 0.2) is 0 Å². The molecular weight excluding hydrogens is 352 g/mol. The molecular formula is C24H38O4. The van der Waals surface area contributed by atoms with Gasteiger partial charge in [-0.05, 0) is 112 Å². The summed E-state index contributed by atoms with van der Waals surface area (Å²) in [5, 5.41) is 9.04. The third-order valence-corrected chi connectivity index (χ3v) is 9.16. The third-order valence-electron chi connectivity index (χ3n) is 9.16. The number of ether oxygens (including phenoxy) is 1. The average Bonchev–Trinajstić information content (AvgIpc) is 3.09. The number of hydrogen-bond acceptors (Lipinski definition) is 3. The first-order valence-corrected chi connectivity index (χ1v) is 11.8. The van der Waals surface area contributed by atoms with Crippen molar-refractivity contribution < 1.29 is 19.4 Å². The van der Waals surface area contributed by atoms with Gasteiger partial charge >= 0.3 is 11.9 Å². The predicted octanol–water partition coefficient (Wildman–Crippen LogP) is 5.30. The molecule has 4 heteroatoms. The van der Waals surface area contributed by atoms with E-state index in [4.69, 9.17) is 9.84 Å². The maximum absolute atomic E-state index is 11.3. The van der Waals surface area contributed by atoms with Gasteiger partial charge in [0.15, 0.2) is 0 Å². The van der Waals surface area contributed by atoms with Crippen LogP contribution in [0.2, 0.25) is 0 Å². The summed E-state index contributed by atoms with van der Waals surface area (Å²) in [6.07, 6.45) is 12.9. The zero-order valence-electron chi connectivity index (χ0n) is 17.6. The monoisotopic (exact) mass is 390 g/mol. The number of carbonyl (C=O) groups is 2. The average molecular weight is 391 g/mol. The topological polar surface area (TPSA) is 63.6 Å². The van der Waals surface area contributed by atoms with Crippen molar-refractivity contribution in [1.29, 1.82) is 0 Å². The number of rotatable bonds is 5. The number of esters is 1. The third kappa shape index (κ3) is 3.98. The van der Waals surface area contributed by atoms with E-state index in [1.54, 1.807) is 0 Å². The van der Waals surface area contributed by atoms with Crippen LogP contribution < -0.4 is 0 Å². The highest BCUT2D eigenvalue weighted by Crippen LogP contribution is 2.60. The molecule has 0 amide bonds. The molecule has 0 spiro atoms. The Balaban J connectivity index is 1.37. The summed E-state index contributed by atoms with van der Waals surface area (Å²) >= 11 is 0. The number of fused-ring (bicyclic) bond motifs is 5. The van der Waals surface area contributed by atoms with Crippen molar-refractivity contribution in [3.8, 4) is 0 Å². The highest BCUT2D eigenvalue weighted by Gasteiger charge is 2.52. The first-order chi connectivity index (χ1) is 13.4. The van der Waals surface area contributed by atoms with Gasteiger partial charge in [0, 0.05) is 13.3 Å². The maximum Gasteiger partial charge on any atom is 0.303 e. The summed E-state index contributed by atoms with van der Waals surface area (Å²) in [4.78, 5) is 22.3. The van der Waals surface area contributed by atoms with Crippen molar-refractivity contribution in [2.24, 2.45) is 47.3 Å². The Morgan fingerprint density at radius 3 is 2.25 bits per heavy atom. The van der Waals surface area contributed by atoms with Gasteiger partial charge in [0.1, 0.15) is 6.10 Å². The van der Waals surface area contributed by atoms with E-state index in [1.807, 2.05) is 0 Å². The van der Waals surface area contributed by atoms with E-state index in [0.717, 1.165) is 60.7 Å². The second-order valence-corrected chi connectivity index (χ2v) is 10.4. The zero-order valence-corrected chi connectivity index (χ0v) is 17.6. The van der Waals surface area contributed by atoms with Gasteiger partial charge < -0.3 is 9.84 Å². The first kappa shape index (κ1) is 20.2. The second kappa shape index (κ2) is 8.36. The lowest BCUT2D eigenvalue weighted by Crippen LogP contribution is -2.46. The molecule has 0 aromatic heterocycles. The summed E-state index contributed by atoms with van der Waals surface area (Å²) in [5.74, 6) is 5.70. The smallest absolute Gasteiger partial charge is 0.303 e. The molecule has 4 saturated carbocycles. The molecule has 0 heterocycles. The van der Waals surface area contributed by atoms with Crippen molar-refractivity contribution >= 4 is 11.9 Å². The molecule has 4 rings (SSSR count). The highest BCUT2D eigenvalue weighted by atomic mass is 16.5. The van der Waals surface area contributed by atoms with Crippen molar-refractivity contribution in [2.45, 2.75) is 90.6 Å². The molecule has 0 aromatic carbocycles. The van der Waals surface area contributed by atoms with E-state index in [0.29, 0.717) is 12.3 Å². The fraction of sp³-hybridized carbons (Fsp3) is 0.917. The van der Waals surface area contributed by atoms with Crippen LogP contribution in [0.1, 0.15) is 84.5 Å². The minimum absolute atomic E-state index is 0.119. The van der Waals surface area contributed by atoms with Gasteiger partial charge in [-0.2, -0.15) is 0 Å². The molecule has 28 heavy (non-hydrogen) atoms. The Bertz CT molecular complexity index is 587. The molecule has 0 bridgehead atoms. The van der Waals surface area contributed by atoms with Gasteiger partial charge in [0.2, 0.25) is 0 Å². The molecule has 0 radical (unpaired) electrons. The Morgan fingerprint density at radius 2 is 1.50 bits per heavy atom. The van der Waals surface area contributed by atoms with Crippen molar-refractivity contribution in [2.75, 3.05) is 0 Å². The molecule has 4 aliphatic rings. The van der Waals surface area contributed by atoms with Crippen LogP contribution >= 0.6 is 0 Å². The maximum atomic E-state index is 11.3. The summed E-state index contributed by atoms with van der Waals surface area (Å²) in [5.41, 5.74) is 0. The number of carbonyl (C=O) groups excluding carboxylic acids is 1. The highest BCUT2D eigenvalue weighted by molar-refractivity contribution is 5.66. The van der Waals surface area contributed by atoms with Crippen LogP contribution in [-0.4, -0.2) is 23.1 Å². The van der Waals surface area contributed by atoms with Gasteiger partial charge in [-0.25, -0.2) is 0 Å². The Hall–Kier alpha value is -1.06. The van der Waals surface area contributed by atoms with Gasteiger partial charge in [-0.3, -0.25) is 9.59 Å². The van der Waals surface area contributed by atoms with Crippen molar-refractivity contribution in [3.63, 3.8) is 0 Å². The van der Waals surface area contributed by atoms with Gasteiger partial charge in [0.25, 0.3) is 0 Å². The van der Waals surface area contributed by atoms with Gasteiger partial charge in [-0.1, -0.05) is 6.92 Å². The van der Waals surface area contributed by atoms with Crippen LogP contribution in [0.3, 0.4) is 0 Å². The number of aliphatic carboxylic acids is 1. The number of hydrogen-bond donors (Lipinski definition) is 1. The molecule has 9 atom stereocenters. The molecule has 1 N–H and O–H groups in total. The predicted molar refractivity (Wildman–Crippen MR) is 108 cm³/mol. The molecule has 4 unspecified atom stereocenters. The van der Waals surface area contributed by atoms with E-state index in [2.05, 4.69) is 6.92 Å². The summed E-state index contributed by atoms with van der Waals surface area (Å²) in [6, 6.07) is 0.